The summed E-state index contributed by atoms with van der Waals surface area (Å²) in [4.78, 5) is 11.3. The molecule has 0 spiro atoms. The molecule has 1 atom stereocenters. The third-order valence-corrected chi connectivity index (χ3v) is 2.13. The maximum Gasteiger partial charge on any atom is 0.444 e. The van der Waals surface area contributed by atoms with Gasteiger partial charge in [0.25, 0.3) is 5.63 Å². The number of rotatable bonds is 5. The van der Waals surface area contributed by atoms with Gasteiger partial charge < -0.3 is 10.5 Å². The fraction of sp³-hybridized carbons (Fsp3) is 0.300. The zero-order valence-corrected chi connectivity index (χ0v) is 9.26. The highest BCUT2D eigenvalue weighted by Gasteiger charge is 2.42. The lowest BCUT2D eigenvalue weighted by Gasteiger charge is -2.19. The van der Waals surface area contributed by atoms with Gasteiger partial charge in [0.2, 0.25) is 0 Å². The van der Waals surface area contributed by atoms with Crippen molar-refractivity contribution in [2.75, 3.05) is 6.54 Å². The zero-order chi connectivity index (χ0) is 13.1. The lowest BCUT2D eigenvalue weighted by Crippen LogP contribution is -2.33. The monoisotopic (exact) mass is 267 g/mol. The van der Waals surface area contributed by atoms with E-state index in [1.165, 1.54) is 18.2 Å². The number of hydrogen-bond donors (Lipinski definition) is 1. The molecule has 3 nitrogen and oxygen atoms in total. The first-order chi connectivity index (χ1) is 7.88. The second kappa shape index (κ2) is 5.37. The van der Waals surface area contributed by atoms with Gasteiger partial charge in [0.05, 0.1) is 12.1 Å². The molecule has 0 aliphatic heterocycles. The first kappa shape index (κ1) is 13.8. The summed E-state index contributed by atoms with van der Waals surface area (Å²) >= 11 is 4.63. The van der Waals surface area contributed by atoms with E-state index in [2.05, 4.69) is 16.3 Å². The van der Waals surface area contributed by atoms with Gasteiger partial charge in [-0.25, -0.2) is 4.39 Å². The number of ketones is 1. The van der Waals surface area contributed by atoms with Crippen LogP contribution in [0.4, 0.5) is 13.2 Å². The van der Waals surface area contributed by atoms with Gasteiger partial charge in [-0.2, -0.15) is 8.78 Å². The van der Waals surface area contributed by atoms with Gasteiger partial charge in [-0.3, -0.25) is 4.79 Å². The van der Waals surface area contributed by atoms with Crippen LogP contribution in [-0.4, -0.2) is 24.1 Å². The average Bonchev–Trinajstić information content (AvgIpc) is 2.28. The van der Waals surface area contributed by atoms with Crippen molar-refractivity contribution in [1.29, 1.82) is 0 Å². The summed E-state index contributed by atoms with van der Waals surface area (Å²) in [5, 5.41) is 0. The number of halogens is 4. The topological polar surface area (TPSA) is 52.3 Å². The van der Waals surface area contributed by atoms with E-state index in [0.29, 0.717) is 0 Å². The molecule has 0 aromatic heterocycles. The van der Waals surface area contributed by atoms with E-state index in [-0.39, 0.29) is 12.1 Å². The molecule has 0 amide bonds. The van der Waals surface area contributed by atoms with Gasteiger partial charge in [-0.15, -0.1) is 0 Å². The van der Waals surface area contributed by atoms with Crippen molar-refractivity contribution in [2.24, 2.45) is 5.73 Å². The van der Waals surface area contributed by atoms with Crippen LogP contribution >= 0.6 is 11.6 Å². The maximum absolute atomic E-state index is 12.9. The molecular weight excluding hydrogens is 259 g/mol. The van der Waals surface area contributed by atoms with Crippen molar-refractivity contribution in [1.82, 2.24) is 0 Å². The second-order valence-electron chi connectivity index (χ2n) is 3.09. The number of nitrogens with two attached hydrogens (primary N) is 1. The highest BCUT2D eigenvalue weighted by molar-refractivity contribution is 6.20. The number of carbonyl (C=O) groups excluding carboxylic acids is 1. The summed E-state index contributed by atoms with van der Waals surface area (Å²) in [6.45, 7) is -0.369. The molecule has 0 saturated heterocycles. The molecule has 94 valence electrons. The lowest BCUT2D eigenvalue weighted by atomic mass is 10.1. The lowest BCUT2D eigenvalue weighted by molar-refractivity contribution is -0.199. The van der Waals surface area contributed by atoms with Gasteiger partial charge in [-0.05, 0) is 12.1 Å². The van der Waals surface area contributed by atoms with Gasteiger partial charge in [0.15, 0.2) is 5.78 Å². The minimum absolute atomic E-state index is 0.146. The molecule has 0 aliphatic rings. The van der Waals surface area contributed by atoms with Crippen LogP contribution in [-0.2, 0) is 0 Å². The number of Topliss-reactive ketones (excluding diaryl/α,β-unsaturated/α-hetero) is 1. The summed E-state index contributed by atoms with van der Waals surface area (Å²) in [6.07, 6.45) is -4.22. The molecule has 7 heteroatoms. The van der Waals surface area contributed by atoms with Crippen LogP contribution in [0, 0.1) is 0 Å². The van der Waals surface area contributed by atoms with E-state index in [4.69, 9.17) is 5.73 Å². The number of ether oxygens (including phenoxy) is 1. The number of benzene rings is 1. The third-order valence-electron chi connectivity index (χ3n) is 1.87. The fourth-order valence-electron chi connectivity index (χ4n) is 1.09. The van der Waals surface area contributed by atoms with Gasteiger partial charge in [0, 0.05) is 0 Å². The van der Waals surface area contributed by atoms with Crippen LogP contribution in [0.2, 0.25) is 0 Å². The summed E-state index contributed by atoms with van der Waals surface area (Å²) < 4.78 is 42.3. The fourth-order valence-corrected chi connectivity index (χ4v) is 1.13. The van der Waals surface area contributed by atoms with Crippen LogP contribution in [0.3, 0.4) is 0 Å². The van der Waals surface area contributed by atoms with Crippen molar-refractivity contribution in [3.8, 4) is 5.75 Å². The Morgan fingerprint density at radius 3 is 2.59 bits per heavy atom. The van der Waals surface area contributed by atoms with Crippen molar-refractivity contribution >= 4 is 17.4 Å². The molecule has 2 N–H and O–H groups in total. The summed E-state index contributed by atoms with van der Waals surface area (Å²) in [7, 11) is 0. The quantitative estimate of drug-likeness (QED) is 0.658. The minimum Gasteiger partial charge on any atom is -0.429 e. The molecule has 1 rings (SSSR count). The first-order valence-corrected chi connectivity index (χ1v) is 4.99. The largest absolute Gasteiger partial charge is 0.444 e. The van der Waals surface area contributed by atoms with Crippen molar-refractivity contribution in [3.05, 3.63) is 29.8 Å². The number of para-hydroxylation sites is 1. The smallest absolute Gasteiger partial charge is 0.429 e. The Balaban J connectivity index is 3.03. The standard InChI is InChI=1S/C10H9ClF3NO2/c11-9(12)10(13,14)17-8-4-2-1-3-6(8)7(16)5-15/h1-4,9H,5,15H2. The predicted molar refractivity (Wildman–Crippen MR) is 56.2 cm³/mol. The molecule has 0 heterocycles. The van der Waals surface area contributed by atoms with Crippen molar-refractivity contribution in [2.45, 2.75) is 11.7 Å². The Labute approximate surface area is 100 Å². The molecule has 0 bridgehead atoms. The Morgan fingerprint density at radius 1 is 1.47 bits per heavy atom. The molecular formula is C10H9ClF3NO2. The van der Waals surface area contributed by atoms with Crippen molar-refractivity contribution < 1.29 is 22.7 Å². The SMILES string of the molecule is NCC(=O)c1ccccc1OC(F)(F)C(F)Cl. The second-order valence-corrected chi connectivity index (χ2v) is 3.47. The van der Waals surface area contributed by atoms with E-state index in [0.717, 1.165) is 6.07 Å². The Morgan fingerprint density at radius 2 is 2.06 bits per heavy atom. The predicted octanol–water partition coefficient (Wildman–Crippen LogP) is 2.33. The normalized spacial score (nSPS) is 13.2. The van der Waals surface area contributed by atoms with E-state index < -0.39 is 23.3 Å². The van der Waals surface area contributed by atoms with Crippen LogP contribution in [0.15, 0.2) is 24.3 Å². The number of alkyl halides is 4. The Kier molecular flexibility index (Phi) is 4.36. The molecule has 0 fully saturated rings. The highest BCUT2D eigenvalue weighted by Crippen LogP contribution is 2.30. The maximum atomic E-state index is 12.9. The molecule has 1 aromatic rings. The van der Waals surface area contributed by atoms with E-state index in [9.17, 15) is 18.0 Å². The summed E-state index contributed by atoms with van der Waals surface area (Å²) in [5.41, 5.74) is 1.95. The van der Waals surface area contributed by atoms with Gasteiger partial charge in [-0.1, -0.05) is 23.7 Å². The molecule has 1 aromatic carbocycles. The summed E-state index contributed by atoms with van der Waals surface area (Å²) in [6, 6.07) is 5.17. The first-order valence-electron chi connectivity index (χ1n) is 4.55. The van der Waals surface area contributed by atoms with Gasteiger partial charge in [0.1, 0.15) is 5.75 Å². The zero-order valence-electron chi connectivity index (χ0n) is 8.50. The molecule has 1 unspecified atom stereocenters. The Hall–Kier alpha value is -1.27. The Bertz CT molecular complexity index is 412. The molecule has 0 saturated carbocycles. The van der Waals surface area contributed by atoms with E-state index in [1.807, 2.05) is 0 Å². The van der Waals surface area contributed by atoms with E-state index >= 15 is 0 Å². The van der Waals surface area contributed by atoms with Crippen LogP contribution < -0.4 is 10.5 Å². The van der Waals surface area contributed by atoms with Crippen LogP contribution in [0.5, 0.6) is 5.75 Å². The van der Waals surface area contributed by atoms with Crippen LogP contribution in [0.25, 0.3) is 0 Å². The highest BCUT2D eigenvalue weighted by atomic mass is 35.5. The molecule has 17 heavy (non-hydrogen) atoms. The molecule has 0 aliphatic carbocycles. The van der Waals surface area contributed by atoms with Crippen LogP contribution in [0.1, 0.15) is 10.4 Å². The number of hydrogen-bond acceptors (Lipinski definition) is 3. The number of carbonyl (C=O) groups is 1. The average molecular weight is 268 g/mol. The third kappa shape index (κ3) is 3.34. The molecule has 0 radical (unpaired) electrons. The van der Waals surface area contributed by atoms with Crippen molar-refractivity contribution in [3.63, 3.8) is 0 Å². The van der Waals surface area contributed by atoms with Gasteiger partial charge >= 0.3 is 6.11 Å². The van der Waals surface area contributed by atoms with E-state index in [1.54, 1.807) is 0 Å². The summed E-state index contributed by atoms with van der Waals surface area (Å²) in [5.74, 6) is -1.06. The minimum atomic E-state index is -4.22.